The highest BCUT2D eigenvalue weighted by atomic mass is 15.0. The number of hydrogen-bond acceptors (Lipinski definition) is 0. The van der Waals surface area contributed by atoms with E-state index in [0.29, 0.717) is 0 Å². The fraction of sp³-hybridized carbons (Fsp3) is 0.300. The number of aryl methyl sites for hydroxylation is 1. The molecule has 0 amide bonds. The van der Waals surface area contributed by atoms with E-state index in [9.17, 15) is 0 Å². The molecule has 0 unspecified atom stereocenters. The first-order chi connectivity index (χ1) is 5.29. The molecule has 0 radical (unpaired) electrons. The highest BCUT2D eigenvalue weighted by Crippen LogP contribution is 1.85. The summed E-state index contributed by atoms with van der Waals surface area (Å²) in [6.45, 7) is 3.22. The zero-order chi connectivity index (χ0) is 7.84. The summed E-state index contributed by atoms with van der Waals surface area (Å²) in [7, 11) is 2.13. The maximum atomic E-state index is 2.28. The van der Waals surface area contributed by atoms with Gasteiger partial charge in [0.15, 0.2) is 6.54 Å². The smallest absolute Gasteiger partial charge is 0.210 e. The van der Waals surface area contributed by atoms with Crippen LogP contribution < -0.4 is 15.2 Å². The summed E-state index contributed by atoms with van der Waals surface area (Å²) in [6.07, 6.45) is 2.27. The molecule has 56 valence electrons. The van der Waals surface area contributed by atoms with Crippen molar-refractivity contribution in [3.05, 3.63) is 34.3 Å². The zero-order valence-electron chi connectivity index (χ0n) is 6.96. The zero-order valence-corrected chi connectivity index (χ0v) is 6.96. The number of rotatable bonds is 0. The summed E-state index contributed by atoms with van der Waals surface area (Å²) in [6, 6.07) is 6.45. The van der Waals surface area contributed by atoms with E-state index in [0.717, 1.165) is 6.54 Å². The van der Waals surface area contributed by atoms with E-state index in [1.54, 1.807) is 0 Å². The van der Waals surface area contributed by atoms with Gasteiger partial charge in [-0.25, -0.2) is 4.58 Å². The van der Waals surface area contributed by atoms with E-state index in [4.69, 9.17) is 0 Å². The van der Waals surface area contributed by atoms with Gasteiger partial charge in [0.2, 0.25) is 5.36 Å². The van der Waals surface area contributed by atoms with Crippen LogP contribution in [0.5, 0.6) is 0 Å². The fourth-order valence-corrected chi connectivity index (χ4v) is 1.69. The summed E-state index contributed by atoms with van der Waals surface area (Å²) in [5.41, 5.74) is 1.37. The standard InChI is InChI=1S/C10H12N/c1-8-4-3-5-9-6-7-11(2)10(8)9/h3-6H,7H2,1-2H3/q+1. The molecule has 0 fully saturated rings. The van der Waals surface area contributed by atoms with Gasteiger partial charge in [0.25, 0.3) is 0 Å². The molecular weight excluding hydrogens is 134 g/mol. The van der Waals surface area contributed by atoms with Gasteiger partial charge in [-0.1, -0.05) is 12.1 Å². The first-order valence-electron chi connectivity index (χ1n) is 3.93. The molecule has 1 heterocycles. The third kappa shape index (κ3) is 0.881. The molecule has 0 bridgehead atoms. The molecule has 0 saturated heterocycles. The van der Waals surface area contributed by atoms with Crippen LogP contribution in [0.15, 0.2) is 18.2 Å². The van der Waals surface area contributed by atoms with Crippen molar-refractivity contribution < 1.29 is 0 Å². The van der Waals surface area contributed by atoms with Gasteiger partial charge in [0.05, 0.1) is 0 Å². The lowest BCUT2D eigenvalue weighted by Crippen LogP contribution is -2.33. The summed E-state index contributed by atoms with van der Waals surface area (Å²) >= 11 is 0. The highest BCUT2D eigenvalue weighted by molar-refractivity contribution is 5.32. The Hall–Kier alpha value is -1.11. The van der Waals surface area contributed by atoms with Gasteiger partial charge < -0.3 is 0 Å². The molecule has 1 aliphatic heterocycles. The van der Waals surface area contributed by atoms with Gasteiger partial charge in [-0.15, -0.1) is 0 Å². The van der Waals surface area contributed by atoms with Crippen molar-refractivity contribution in [2.24, 2.45) is 0 Å². The number of para-hydroxylation sites is 1. The minimum atomic E-state index is 1.06. The van der Waals surface area contributed by atoms with Crippen molar-refractivity contribution in [3.8, 4) is 0 Å². The lowest BCUT2D eigenvalue weighted by molar-refractivity contribution is 0.772. The predicted molar refractivity (Wildman–Crippen MR) is 46.9 cm³/mol. The van der Waals surface area contributed by atoms with Crippen molar-refractivity contribution in [1.29, 1.82) is 0 Å². The summed E-state index contributed by atoms with van der Waals surface area (Å²) in [4.78, 5) is 0. The molecule has 0 N–H and O–H groups in total. The third-order valence-corrected chi connectivity index (χ3v) is 2.24. The van der Waals surface area contributed by atoms with Crippen LogP contribution in [0.2, 0.25) is 0 Å². The second kappa shape index (κ2) is 2.19. The van der Waals surface area contributed by atoms with E-state index >= 15 is 0 Å². The average Bonchev–Trinajstić information content (AvgIpc) is 2.34. The molecule has 1 aromatic carbocycles. The van der Waals surface area contributed by atoms with Crippen LogP contribution in [0, 0.1) is 6.92 Å². The number of benzene rings is 1. The highest BCUT2D eigenvalue weighted by Gasteiger charge is 2.07. The van der Waals surface area contributed by atoms with Crippen LogP contribution >= 0.6 is 0 Å². The minimum Gasteiger partial charge on any atom is -0.228 e. The van der Waals surface area contributed by atoms with Crippen LogP contribution in [0.25, 0.3) is 6.08 Å². The van der Waals surface area contributed by atoms with Crippen LogP contribution in [-0.2, 0) is 0 Å². The molecule has 1 heteroatoms. The van der Waals surface area contributed by atoms with Crippen LogP contribution in [0.1, 0.15) is 5.56 Å². The summed E-state index contributed by atoms with van der Waals surface area (Å²) in [5.74, 6) is 0. The van der Waals surface area contributed by atoms with Crippen molar-refractivity contribution in [2.45, 2.75) is 6.92 Å². The van der Waals surface area contributed by atoms with E-state index in [2.05, 4.69) is 42.8 Å². The third-order valence-electron chi connectivity index (χ3n) is 2.24. The van der Waals surface area contributed by atoms with E-state index in [1.807, 2.05) is 0 Å². The Bertz CT molecular complexity index is 401. The van der Waals surface area contributed by atoms with Crippen LogP contribution in [0.3, 0.4) is 0 Å². The van der Waals surface area contributed by atoms with Crippen molar-refractivity contribution in [3.63, 3.8) is 0 Å². The average molecular weight is 146 g/mol. The minimum absolute atomic E-state index is 1.06. The van der Waals surface area contributed by atoms with E-state index in [-0.39, 0.29) is 0 Å². The molecule has 0 atom stereocenters. The quantitative estimate of drug-likeness (QED) is 0.450. The molecular formula is C10H12N+. The summed E-state index contributed by atoms with van der Waals surface area (Å²) < 4.78 is 2.28. The van der Waals surface area contributed by atoms with E-state index in [1.165, 1.54) is 16.1 Å². The Morgan fingerprint density at radius 1 is 1.36 bits per heavy atom. The largest absolute Gasteiger partial charge is 0.228 e. The lowest BCUT2D eigenvalue weighted by Gasteiger charge is -1.89. The SMILES string of the molecule is Cc1cccc2c1=[N+](C)CC=2. The molecule has 0 aliphatic carbocycles. The Labute approximate surface area is 66.3 Å². The number of fused-ring (bicyclic) bond motifs is 1. The van der Waals surface area contributed by atoms with Gasteiger partial charge in [0, 0.05) is 10.8 Å². The molecule has 2 rings (SSSR count). The maximum absolute atomic E-state index is 2.28. The summed E-state index contributed by atoms with van der Waals surface area (Å²) in [5, 5.41) is 2.78. The molecule has 1 aromatic rings. The van der Waals surface area contributed by atoms with Crippen molar-refractivity contribution >= 4 is 6.08 Å². The predicted octanol–water partition coefficient (Wildman–Crippen LogP) is -0.0900. The van der Waals surface area contributed by atoms with Gasteiger partial charge in [-0.05, 0) is 19.1 Å². The van der Waals surface area contributed by atoms with E-state index < -0.39 is 0 Å². The van der Waals surface area contributed by atoms with Crippen molar-refractivity contribution in [2.75, 3.05) is 13.6 Å². The first-order valence-corrected chi connectivity index (χ1v) is 3.93. The second-order valence-electron chi connectivity index (χ2n) is 3.10. The molecule has 0 spiro atoms. The Morgan fingerprint density at radius 3 is 2.91 bits per heavy atom. The second-order valence-corrected chi connectivity index (χ2v) is 3.10. The maximum Gasteiger partial charge on any atom is 0.210 e. The first kappa shape index (κ1) is 6.59. The number of nitrogens with zero attached hydrogens (tertiary/aromatic N) is 1. The molecule has 1 nitrogen and oxygen atoms in total. The van der Waals surface area contributed by atoms with Gasteiger partial charge in [-0.2, -0.15) is 0 Å². The van der Waals surface area contributed by atoms with Crippen LogP contribution in [-0.4, -0.2) is 13.6 Å². The van der Waals surface area contributed by atoms with Gasteiger partial charge >= 0.3 is 0 Å². The lowest BCUT2D eigenvalue weighted by atomic mass is 10.2. The molecule has 0 aromatic heterocycles. The van der Waals surface area contributed by atoms with Gasteiger partial charge in [0.1, 0.15) is 7.05 Å². The molecule has 11 heavy (non-hydrogen) atoms. The Morgan fingerprint density at radius 2 is 2.18 bits per heavy atom. The van der Waals surface area contributed by atoms with Crippen molar-refractivity contribution in [1.82, 2.24) is 4.58 Å². The molecule has 1 aliphatic rings. The Kier molecular flexibility index (Phi) is 1.31. The number of hydrogen-bond donors (Lipinski definition) is 0. The Balaban J connectivity index is 3.00. The van der Waals surface area contributed by atoms with Crippen LogP contribution in [0.4, 0.5) is 0 Å². The van der Waals surface area contributed by atoms with Gasteiger partial charge in [-0.3, -0.25) is 0 Å². The molecule has 0 saturated carbocycles. The monoisotopic (exact) mass is 146 g/mol. The topological polar surface area (TPSA) is 3.01 Å². The normalized spacial score (nSPS) is 14.5. The fourth-order valence-electron chi connectivity index (χ4n) is 1.69.